The van der Waals surface area contributed by atoms with E-state index in [9.17, 15) is 29.3 Å². The van der Waals surface area contributed by atoms with Gasteiger partial charge < -0.3 is 25.1 Å². The fourth-order valence-electron chi connectivity index (χ4n) is 3.87. The zero-order chi connectivity index (χ0) is 28.2. The minimum atomic E-state index is -1.51. The van der Waals surface area contributed by atoms with Gasteiger partial charge >= 0.3 is 5.97 Å². The lowest BCUT2D eigenvalue weighted by atomic mass is 10.0. The van der Waals surface area contributed by atoms with Gasteiger partial charge in [0.05, 0.1) is 11.5 Å². The first kappa shape index (κ1) is 27.8. The largest absolute Gasteiger partial charge is 0.459 e. The van der Waals surface area contributed by atoms with Crippen LogP contribution in [0.2, 0.25) is 0 Å². The lowest BCUT2D eigenvalue weighted by molar-refractivity contribution is -0.384. The quantitative estimate of drug-likeness (QED) is 0.0787. The number of pyridine rings is 1. The molecule has 0 bridgehead atoms. The summed E-state index contributed by atoms with van der Waals surface area (Å²) in [7, 11) is 1.24. The zero-order valence-electron chi connectivity index (χ0n) is 20.2. The van der Waals surface area contributed by atoms with Crippen molar-refractivity contribution in [2.24, 2.45) is 5.16 Å². The second-order valence-electron chi connectivity index (χ2n) is 8.38. The molecule has 2 unspecified atom stereocenters. The van der Waals surface area contributed by atoms with Crippen LogP contribution in [-0.2, 0) is 35.4 Å². The molecule has 2 saturated heterocycles. The fourth-order valence-corrected chi connectivity index (χ4v) is 5.62. The van der Waals surface area contributed by atoms with Crippen LogP contribution in [-0.4, -0.2) is 80.4 Å². The Bertz CT molecular complexity index is 1340. The molecule has 204 valence electrons. The first-order valence-electron chi connectivity index (χ1n) is 11.3. The Morgan fingerprint density at radius 3 is 2.74 bits per heavy atom. The van der Waals surface area contributed by atoms with Crippen molar-refractivity contribution >= 4 is 64.8 Å². The van der Waals surface area contributed by atoms with Crippen LogP contribution in [0.15, 0.2) is 47.6 Å². The van der Waals surface area contributed by atoms with E-state index >= 15 is 0 Å². The summed E-state index contributed by atoms with van der Waals surface area (Å²) in [5, 5.41) is 19.0. The van der Waals surface area contributed by atoms with Gasteiger partial charge in [-0.3, -0.25) is 29.3 Å². The maximum Gasteiger partial charge on any atom is 0.330 e. The van der Waals surface area contributed by atoms with E-state index in [4.69, 9.17) is 21.2 Å². The number of nitro groups is 1. The molecule has 0 saturated carbocycles. The van der Waals surface area contributed by atoms with Gasteiger partial charge in [-0.15, -0.1) is 23.4 Å². The Morgan fingerprint density at radius 2 is 2.08 bits per heavy atom. The molecule has 3 amide bonds. The van der Waals surface area contributed by atoms with Crippen LogP contribution in [0.5, 0.6) is 0 Å². The topological polar surface area (TPSA) is 182 Å². The number of carbonyl (C=O) groups is 4. The number of alkyl halides is 1. The Labute approximate surface area is 230 Å². The molecule has 39 heavy (non-hydrogen) atoms. The standard InChI is InChI=1S/C23H21ClN6O8S/c1-37-28-17(15-3-2-4-16(26-15)25-12-31)19(32)27-18-20(33)29-10-23(24,11-39-21(18)29)22(34)38-9-13-5-7-14(8-6-13)30(35)36/h2-8,12,18,21H,9-11H2,1H3,(H,27,32)(H,25,26,31)/t18?,21-,23?/m1/s1. The van der Waals surface area contributed by atoms with Gasteiger partial charge in [0, 0.05) is 17.9 Å². The van der Waals surface area contributed by atoms with Crippen molar-refractivity contribution in [1.82, 2.24) is 15.2 Å². The van der Waals surface area contributed by atoms with E-state index in [0.29, 0.717) is 12.0 Å². The third-order valence-corrected chi connectivity index (χ3v) is 7.90. The summed E-state index contributed by atoms with van der Waals surface area (Å²) >= 11 is 7.75. The number of ether oxygens (including phenoxy) is 1. The Kier molecular flexibility index (Phi) is 8.30. The minimum absolute atomic E-state index is 0.0909. The van der Waals surface area contributed by atoms with Crippen molar-refractivity contribution in [2.45, 2.75) is 22.9 Å². The molecule has 16 heteroatoms. The molecule has 3 atom stereocenters. The molecule has 3 heterocycles. The second-order valence-corrected chi connectivity index (χ2v) is 10.2. The predicted molar refractivity (Wildman–Crippen MR) is 139 cm³/mol. The Balaban J connectivity index is 1.36. The summed E-state index contributed by atoms with van der Waals surface area (Å²) in [6.07, 6.45) is 0.434. The molecule has 2 aromatic rings. The molecular weight excluding hydrogens is 556 g/mol. The molecule has 2 aliphatic rings. The maximum atomic E-state index is 13.0. The van der Waals surface area contributed by atoms with Gasteiger partial charge in [-0.2, -0.15) is 0 Å². The van der Waals surface area contributed by atoms with Gasteiger partial charge in [0.1, 0.15) is 36.6 Å². The number of hydrogen-bond acceptors (Lipinski definition) is 11. The molecule has 1 aromatic carbocycles. The third-order valence-electron chi connectivity index (χ3n) is 5.81. The maximum absolute atomic E-state index is 13.0. The average molecular weight is 577 g/mol. The van der Waals surface area contributed by atoms with Crippen LogP contribution in [0.4, 0.5) is 11.5 Å². The number of fused-ring (bicyclic) bond motifs is 1. The lowest BCUT2D eigenvalue weighted by Crippen LogP contribution is -2.74. The number of rotatable bonds is 10. The van der Waals surface area contributed by atoms with Crippen LogP contribution >= 0.6 is 23.4 Å². The number of amides is 3. The molecule has 2 fully saturated rings. The summed E-state index contributed by atoms with van der Waals surface area (Å²) in [6.45, 7) is -0.276. The summed E-state index contributed by atoms with van der Waals surface area (Å²) in [6, 6.07) is 9.19. The van der Waals surface area contributed by atoms with Gasteiger partial charge in [-0.05, 0) is 29.8 Å². The Hall–Kier alpha value is -4.24. The number of oxime groups is 1. The highest BCUT2D eigenvalue weighted by atomic mass is 35.5. The highest BCUT2D eigenvalue weighted by Gasteiger charge is 2.57. The first-order valence-corrected chi connectivity index (χ1v) is 12.7. The number of anilines is 1. The molecule has 4 rings (SSSR count). The van der Waals surface area contributed by atoms with E-state index in [1.54, 1.807) is 6.07 Å². The molecule has 0 radical (unpaired) electrons. The van der Waals surface area contributed by atoms with Crippen molar-refractivity contribution in [1.29, 1.82) is 0 Å². The van der Waals surface area contributed by atoms with E-state index in [1.807, 2.05) is 0 Å². The van der Waals surface area contributed by atoms with E-state index in [1.165, 1.54) is 60.2 Å². The number of esters is 1. The first-order chi connectivity index (χ1) is 18.7. The molecule has 2 aliphatic heterocycles. The molecule has 2 N–H and O–H groups in total. The number of halogens is 1. The molecule has 0 aliphatic carbocycles. The normalized spacial score (nSPS) is 22.2. The van der Waals surface area contributed by atoms with Crippen LogP contribution in [0.3, 0.4) is 0 Å². The molecule has 14 nitrogen and oxygen atoms in total. The number of carbonyl (C=O) groups excluding carboxylic acids is 4. The number of thioether (sulfide) groups is 1. The minimum Gasteiger partial charge on any atom is -0.459 e. The van der Waals surface area contributed by atoms with Crippen molar-refractivity contribution in [3.8, 4) is 0 Å². The number of β-lactam (4-membered cyclic amide) rings is 1. The van der Waals surface area contributed by atoms with Gasteiger partial charge in [0.25, 0.3) is 11.6 Å². The zero-order valence-corrected chi connectivity index (χ0v) is 21.8. The average Bonchev–Trinajstić information content (AvgIpc) is 2.93. The summed E-state index contributed by atoms with van der Waals surface area (Å²) in [5.41, 5.74) is 0.345. The summed E-state index contributed by atoms with van der Waals surface area (Å²) in [5.74, 6) is -1.62. The predicted octanol–water partition coefficient (Wildman–Crippen LogP) is 1.03. The second kappa shape index (κ2) is 11.7. The van der Waals surface area contributed by atoms with Crippen LogP contribution < -0.4 is 10.6 Å². The smallest absolute Gasteiger partial charge is 0.330 e. The third kappa shape index (κ3) is 5.93. The van der Waals surface area contributed by atoms with Crippen molar-refractivity contribution in [3.05, 3.63) is 63.8 Å². The van der Waals surface area contributed by atoms with E-state index in [0.717, 1.165) is 0 Å². The van der Waals surface area contributed by atoms with Crippen LogP contribution in [0.1, 0.15) is 11.3 Å². The van der Waals surface area contributed by atoms with Crippen LogP contribution in [0.25, 0.3) is 0 Å². The van der Waals surface area contributed by atoms with Gasteiger partial charge in [-0.1, -0.05) is 11.2 Å². The fraction of sp³-hybridized carbons (Fsp3) is 0.304. The molecular formula is C23H21ClN6O8S. The number of benzene rings is 1. The highest BCUT2D eigenvalue weighted by molar-refractivity contribution is 8.00. The molecule has 1 aromatic heterocycles. The number of nitrogens with zero attached hydrogens (tertiary/aromatic N) is 4. The SMILES string of the molecule is CON=C(C(=O)NC1C(=O)N2CC(Cl)(C(=O)OCc3ccc([N+](=O)[O-])cc3)CS[C@H]12)c1cccc(NC=O)n1. The number of aromatic nitrogens is 1. The highest BCUT2D eigenvalue weighted by Crippen LogP contribution is 2.41. The van der Waals surface area contributed by atoms with Crippen molar-refractivity contribution in [3.63, 3.8) is 0 Å². The van der Waals surface area contributed by atoms with Crippen molar-refractivity contribution < 1.29 is 33.7 Å². The van der Waals surface area contributed by atoms with Gasteiger partial charge in [0.15, 0.2) is 10.6 Å². The van der Waals surface area contributed by atoms with Gasteiger partial charge in [-0.25, -0.2) is 4.98 Å². The number of hydrogen-bond donors (Lipinski definition) is 2. The van der Waals surface area contributed by atoms with Crippen molar-refractivity contribution in [2.75, 3.05) is 24.7 Å². The Morgan fingerprint density at radius 1 is 1.33 bits per heavy atom. The summed E-state index contributed by atoms with van der Waals surface area (Å²) < 4.78 is 5.31. The number of nitro benzene ring substituents is 1. The molecule has 0 spiro atoms. The van der Waals surface area contributed by atoms with E-state index < -0.39 is 39.0 Å². The van der Waals surface area contributed by atoms with E-state index in [2.05, 4.69) is 20.8 Å². The van der Waals surface area contributed by atoms with Gasteiger partial charge in [0.2, 0.25) is 12.3 Å². The number of nitrogens with one attached hydrogen (secondary N) is 2. The van der Waals surface area contributed by atoms with E-state index in [-0.39, 0.29) is 41.8 Å². The summed E-state index contributed by atoms with van der Waals surface area (Å²) in [4.78, 5) is 68.3. The van der Waals surface area contributed by atoms with Crippen LogP contribution in [0, 0.1) is 10.1 Å². The lowest BCUT2D eigenvalue weighted by Gasteiger charge is -2.52. The number of non-ortho nitro benzene ring substituents is 1. The monoisotopic (exact) mass is 576 g/mol.